The molecule has 0 saturated carbocycles. The van der Waals surface area contributed by atoms with Crippen LogP contribution < -0.4 is 5.32 Å². The van der Waals surface area contributed by atoms with Gasteiger partial charge in [-0.25, -0.2) is 0 Å². The molecule has 5 heteroatoms. The standard InChI is InChI=1S/C15H15BrN2O2/c1-10-7-13(16)8-11(2)15(10)17-9-12-5-3-4-6-14(12)18(19)20/h3-8,17H,9H2,1-2H3. The fourth-order valence-electron chi connectivity index (χ4n) is 2.21. The number of para-hydroxylation sites is 1. The maximum atomic E-state index is 11.0. The molecule has 0 aliphatic heterocycles. The van der Waals surface area contributed by atoms with Crippen LogP contribution in [0.4, 0.5) is 11.4 Å². The Bertz CT molecular complexity index is 633. The summed E-state index contributed by atoms with van der Waals surface area (Å²) in [4.78, 5) is 10.6. The largest absolute Gasteiger partial charge is 0.380 e. The van der Waals surface area contributed by atoms with Crippen molar-refractivity contribution in [3.63, 3.8) is 0 Å². The first-order chi connectivity index (χ1) is 9.49. The molecule has 4 nitrogen and oxygen atoms in total. The van der Waals surface area contributed by atoms with Gasteiger partial charge in [0.2, 0.25) is 0 Å². The number of benzene rings is 2. The van der Waals surface area contributed by atoms with Crippen LogP contribution in [0.15, 0.2) is 40.9 Å². The van der Waals surface area contributed by atoms with Gasteiger partial charge in [-0.3, -0.25) is 10.1 Å². The second-order valence-corrected chi connectivity index (χ2v) is 5.57. The Kier molecular flexibility index (Phi) is 4.39. The molecular weight excluding hydrogens is 320 g/mol. The van der Waals surface area contributed by atoms with E-state index in [4.69, 9.17) is 0 Å². The first kappa shape index (κ1) is 14.5. The molecule has 1 N–H and O–H groups in total. The molecule has 0 saturated heterocycles. The van der Waals surface area contributed by atoms with Crippen LogP contribution in [0.1, 0.15) is 16.7 Å². The normalized spacial score (nSPS) is 10.3. The highest BCUT2D eigenvalue weighted by atomic mass is 79.9. The summed E-state index contributed by atoms with van der Waals surface area (Å²) in [7, 11) is 0. The molecule has 104 valence electrons. The van der Waals surface area contributed by atoms with E-state index in [9.17, 15) is 10.1 Å². The van der Waals surface area contributed by atoms with E-state index in [1.54, 1.807) is 12.1 Å². The minimum absolute atomic E-state index is 0.146. The van der Waals surface area contributed by atoms with Crippen LogP contribution in [0.5, 0.6) is 0 Å². The molecule has 2 aromatic carbocycles. The lowest BCUT2D eigenvalue weighted by molar-refractivity contribution is -0.385. The smallest absolute Gasteiger partial charge is 0.274 e. The highest BCUT2D eigenvalue weighted by molar-refractivity contribution is 9.10. The number of nitro benzene ring substituents is 1. The lowest BCUT2D eigenvalue weighted by Crippen LogP contribution is -2.05. The fraction of sp³-hybridized carbons (Fsp3) is 0.200. The topological polar surface area (TPSA) is 55.2 Å². The second kappa shape index (κ2) is 6.05. The maximum Gasteiger partial charge on any atom is 0.274 e. The third kappa shape index (κ3) is 3.17. The van der Waals surface area contributed by atoms with Crippen molar-refractivity contribution in [3.05, 3.63) is 67.7 Å². The van der Waals surface area contributed by atoms with E-state index in [0.717, 1.165) is 21.3 Å². The number of hydrogen-bond acceptors (Lipinski definition) is 3. The van der Waals surface area contributed by atoms with Crippen LogP contribution in [0.3, 0.4) is 0 Å². The van der Waals surface area contributed by atoms with Crippen molar-refractivity contribution >= 4 is 27.3 Å². The SMILES string of the molecule is Cc1cc(Br)cc(C)c1NCc1ccccc1[N+](=O)[O-]. The first-order valence-electron chi connectivity index (χ1n) is 6.22. The van der Waals surface area contributed by atoms with Crippen LogP contribution in [-0.4, -0.2) is 4.92 Å². The van der Waals surface area contributed by atoms with Gasteiger partial charge < -0.3 is 5.32 Å². The Hall–Kier alpha value is -1.88. The quantitative estimate of drug-likeness (QED) is 0.657. The second-order valence-electron chi connectivity index (χ2n) is 4.65. The van der Waals surface area contributed by atoms with E-state index in [1.165, 1.54) is 6.07 Å². The Morgan fingerprint density at radius 1 is 1.20 bits per heavy atom. The van der Waals surface area contributed by atoms with E-state index in [1.807, 2.05) is 32.0 Å². The molecule has 0 aromatic heterocycles. The number of nitrogens with one attached hydrogen (secondary N) is 1. The van der Waals surface area contributed by atoms with Gasteiger partial charge >= 0.3 is 0 Å². The van der Waals surface area contributed by atoms with Crippen molar-refractivity contribution in [3.8, 4) is 0 Å². The van der Waals surface area contributed by atoms with E-state index in [0.29, 0.717) is 12.1 Å². The molecule has 20 heavy (non-hydrogen) atoms. The molecule has 0 aliphatic rings. The zero-order valence-electron chi connectivity index (χ0n) is 11.3. The lowest BCUT2D eigenvalue weighted by Gasteiger charge is -2.13. The predicted octanol–water partition coefficient (Wildman–Crippen LogP) is 4.59. The lowest BCUT2D eigenvalue weighted by atomic mass is 10.1. The van der Waals surface area contributed by atoms with Crippen LogP contribution in [0.2, 0.25) is 0 Å². The van der Waals surface area contributed by atoms with Gasteiger partial charge in [-0.05, 0) is 37.1 Å². The molecular formula is C15H15BrN2O2. The van der Waals surface area contributed by atoms with Gasteiger partial charge in [-0.15, -0.1) is 0 Å². The minimum Gasteiger partial charge on any atom is -0.380 e. The highest BCUT2D eigenvalue weighted by Gasteiger charge is 2.12. The Morgan fingerprint density at radius 2 is 1.80 bits per heavy atom. The summed E-state index contributed by atoms with van der Waals surface area (Å²) in [5, 5.41) is 14.3. The maximum absolute atomic E-state index is 11.0. The fourth-order valence-corrected chi connectivity index (χ4v) is 2.90. The molecule has 0 amide bonds. The summed E-state index contributed by atoms with van der Waals surface area (Å²) in [6.07, 6.45) is 0. The molecule has 0 heterocycles. The van der Waals surface area contributed by atoms with Crippen LogP contribution >= 0.6 is 15.9 Å². The van der Waals surface area contributed by atoms with E-state index in [-0.39, 0.29) is 10.6 Å². The number of aryl methyl sites for hydroxylation is 2. The zero-order valence-corrected chi connectivity index (χ0v) is 12.9. The molecule has 0 spiro atoms. The van der Waals surface area contributed by atoms with Gasteiger partial charge in [0.05, 0.1) is 4.92 Å². The van der Waals surface area contributed by atoms with E-state index < -0.39 is 0 Å². The number of rotatable bonds is 4. The average Bonchev–Trinajstić information content (AvgIpc) is 2.37. The number of nitro groups is 1. The van der Waals surface area contributed by atoms with Crippen molar-refractivity contribution in [1.29, 1.82) is 0 Å². The van der Waals surface area contributed by atoms with Crippen molar-refractivity contribution in [1.82, 2.24) is 0 Å². The average molecular weight is 335 g/mol. The number of halogens is 1. The Labute approximate surface area is 126 Å². The number of hydrogen-bond donors (Lipinski definition) is 1. The zero-order chi connectivity index (χ0) is 14.7. The molecule has 0 fully saturated rings. The summed E-state index contributed by atoms with van der Waals surface area (Å²) < 4.78 is 1.03. The molecule has 0 radical (unpaired) electrons. The van der Waals surface area contributed by atoms with Crippen molar-refractivity contribution < 1.29 is 4.92 Å². The first-order valence-corrected chi connectivity index (χ1v) is 7.01. The van der Waals surface area contributed by atoms with Gasteiger partial charge in [-0.2, -0.15) is 0 Å². The van der Waals surface area contributed by atoms with Crippen LogP contribution in [-0.2, 0) is 6.54 Å². The van der Waals surface area contributed by atoms with Crippen molar-refractivity contribution in [2.24, 2.45) is 0 Å². The van der Waals surface area contributed by atoms with Gasteiger partial charge in [0.15, 0.2) is 0 Å². The summed E-state index contributed by atoms with van der Waals surface area (Å²) >= 11 is 3.46. The van der Waals surface area contributed by atoms with E-state index >= 15 is 0 Å². The Morgan fingerprint density at radius 3 is 2.40 bits per heavy atom. The van der Waals surface area contributed by atoms with Crippen LogP contribution in [0, 0.1) is 24.0 Å². The van der Waals surface area contributed by atoms with Gasteiger partial charge in [0.25, 0.3) is 5.69 Å². The molecule has 0 atom stereocenters. The predicted molar refractivity (Wildman–Crippen MR) is 84.0 cm³/mol. The summed E-state index contributed by atoms with van der Waals surface area (Å²) in [6, 6.07) is 10.8. The van der Waals surface area contributed by atoms with Crippen molar-refractivity contribution in [2.75, 3.05) is 5.32 Å². The van der Waals surface area contributed by atoms with Crippen molar-refractivity contribution in [2.45, 2.75) is 20.4 Å². The molecule has 2 aromatic rings. The summed E-state index contributed by atoms with van der Waals surface area (Å²) in [5.41, 5.74) is 4.06. The highest BCUT2D eigenvalue weighted by Crippen LogP contribution is 2.26. The summed E-state index contributed by atoms with van der Waals surface area (Å²) in [6.45, 7) is 4.46. The molecule has 0 aliphatic carbocycles. The molecule has 2 rings (SSSR count). The summed E-state index contributed by atoms with van der Waals surface area (Å²) in [5.74, 6) is 0. The minimum atomic E-state index is -0.349. The van der Waals surface area contributed by atoms with Gasteiger partial charge in [-0.1, -0.05) is 34.1 Å². The monoisotopic (exact) mass is 334 g/mol. The third-order valence-corrected chi connectivity index (χ3v) is 3.60. The molecule has 0 bridgehead atoms. The van der Waals surface area contributed by atoms with Crippen LogP contribution in [0.25, 0.3) is 0 Å². The van der Waals surface area contributed by atoms with E-state index in [2.05, 4.69) is 21.2 Å². The number of anilines is 1. The molecule has 0 unspecified atom stereocenters. The third-order valence-electron chi connectivity index (χ3n) is 3.14. The number of nitrogens with zero attached hydrogens (tertiary/aromatic N) is 1. The Balaban J connectivity index is 2.24. The van der Waals surface area contributed by atoms with Gasteiger partial charge in [0, 0.05) is 28.3 Å². The van der Waals surface area contributed by atoms with Gasteiger partial charge in [0.1, 0.15) is 0 Å².